The number of rotatable bonds is 10. The summed E-state index contributed by atoms with van der Waals surface area (Å²) in [6.07, 6.45) is 4.13. The molecule has 13 heteroatoms. The number of carbonyl (C=O) groups is 3. The van der Waals surface area contributed by atoms with Gasteiger partial charge < -0.3 is 30.7 Å². The minimum absolute atomic E-state index is 0.0959. The Balaban J connectivity index is 1.48. The number of alkyl carbamates (subject to hydrolysis) is 2. The summed E-state index contributed by atoms with van der Waals surface area (Å²) in [6.45, 7) is 9.95. The standard InChI is InChI=1S/C31H40N8O5/c1-30(2,3)44-29(42)38-31(4,5)9-10-33-27(40)23-18-34-25(26-8-7-22-13-20(15-32)17-36-39(22)26)14-24(23)37-21-11-19(12-21)16-35-28(41)43-6/h7-8,13-14,17-19,21H,9-12,16H2,1-6H3,(H,33,40)(H,34,37)(H,35,41)(H,38,42)/t19-,21-. The average Bonchev–Trinajstić information content (AvgIpc) is 3.35. The highest BCUT2D eigenvalue weighted by Crippen LogP contribution is 2.32. The summed E-state index contributed by atoms with van der Waals surface area (Å²) in [5.74, 6) is -0.0161. The molecule has 4 N–H and O–H groups in total. The molecule has 44 heavy (non-hydrogen) atoms. The van der Waals surface area contributed by atoms with Crippen LogP contribution in [0.5, 0.6) is 0 Å². The van der Waals surface area contributed by atoms with Gasteiger partial charge in [-0.15, -0.1) is 0 Å². The summed E-state index contributed by atoms with van der Waals surface area (Å²) in [5, 5.41) is 25.6. The summed E-state index contributed by atoms with van der Waals surface area (Å²) in [5.41, 5.74) is 2.28. The van der Waals surface area contributed by atoms with Crippen molar-refractivity contribution in [3.63, 3.8) is 0 Å². The highest BCUT2D eigenvalue weighted by Gasteiger charge is 2.31. The van der Waals surface area contributed by atoms with E-state index in [-0.39, 0.29) is 17.9 Å². The Morgan fingerprint density at radius 3 is 2.50 bits per heavy atom. The van der Waals surface area contributed by atoms with Crippen LogP contribution in [0.3, 0.4) is 0 Å². The van der Waals surface area contributed by atoms with Gasteiger partial charge >= 0.3 is 12.2 Å². The van der Waals surface area contributed by atoms with E-state index in [9.17, 15) is 19.6 Å². The van der Waals surface area contributed by atoms with Crippen LogP contribution in [0.2, 0.25) is 0 Å². The third kappa shape index (κ3) is 8.37. The second-order valence-electron chi connectivity index (χ2n) is 12.6. The highest BCUT2D eigenvalue weighted by atomic mass is 16.6. The van der Waals surface area contributed by atoms with Gasteiger partial charge in [0.2, 0.25) is 0 Å². The molecule has 3 aromatic heterocycles. The summed E-state index contributed by atoms with van der Waals surface area (Å²) in [4.78, 5) is 41.7. The van der Waals surface area contributed by atoms with Crippen LogP contribution in [0.15, 0.2) is 36.7 Å². The Morgan fingerprint density at radius 2 is 1.82 bits per heavy atom. The maximum absolute atomic E-state index is 13.4. The van der Waals surface area contributed by atoms with Gasteiger partial charge in [0, 0.05) is 30.9 Å². The van der Waals surface area contributed by atoms with Gasteiger partial charge in [0.15, 0.2) is 0 Å². The molecule has 234 valence electrons. The van der Waals surface area contributed by atoms with Gasteiger partial charge in [0.05, 0.1) is 47.0 Å². The first-order chi connectivity index (χ1) is 20.8. The van der Waals surface area contributed by atoms with Crippen molar-refractivity contribution in [1.82, 2.24) is 30.5 Å². The zero-order chi connectivity index (χ0) is 32.1. The zero-order valence-electron chi connectivity index (χ0n) is 26.0. The Labute approximate surface area is 256 Å². The molecule has 0 bridgehead atoms. The number of nitrogens with zero attached hydrogens (tertiary/aromatic N) is 4. The molecule has 1 saturated carbocycles. The largest absolute Gasteiger partial charge is 0.453 e. The Hall–Kier alpha value is -4.86. The van der Waals surface area contributed by atoms with Crippen molar-refractivity contribution >= 4 is 29.3 Å². The van der Waals surface area contributed by atoms with Gasteiger partial charge in [-0.3, -0.25) is 9.78 Å². The lowest BCUT2D eigenvalue weighted by Crippen LogP contribution is -2.47. The second kappa shape index (κ2) is 13.2. The Kier molecular flexibility index (Phi) is 9.62. The zero-order valence-corrected chi connectivity index (χ0v) is 26.0. The molecule has 0 unspecified atom stereocenters. The number of ether oxygens (including phenoxy) is 2. The highest BCUT2D eigenvalue weighted by molar-refractivity contribution is 6.00. The van der Waals surface area contributed by atoms with Crippen LogP contribution in [0.1, 0.15) is 69.8 Å². The van der Waals surface area contributed by atoms with Crippen LogP contribution >= 0.6 is 0 Å². The van der Waals surface area contributed by atoms with Gasteiger partial charge in [-0.05, 0) is 84.1 Å². The number of aromatic nitrogens is 3. The first-order valence-corrected chi connectivity index (χ1v) is 14.5. The summed E-state index contributed by atoms with van der Waals surface area (Å²) < 4.78 is 11.7. The van der Waals surface area contributed by atoms with E-state index in [0.717, 1.165) is 18.4 Å². The number of hydrogen-bond donors (Lipinski definition) is 4. The predicted molar refractivity (Wildman–Crippen MR) is 164 cm³/mol. The summed E-state index contributed by atoms with van der Waals surface area (Å²) in [7, 11) is 1.33. The van der Waals surface area contributed by atoms with Crippen molar-refractivity contribution in [1.29, 1.82) is 5.26 Å². The first kappa shape index (κ1) is 32.1. The molecule has 0 spiro atoms. The molecule has 0 aromatic carbocycles. The molecule has 3 aromatic rings. The van der Waals surface area contributed by atoms with Gasteiger partial charge in [-0.1, -0.05) is 0 Å². The molecule has 1 aliphatic carbocycles. The van der Waals surface area contributed by atoms with Gasteiger partial charge in [0.25, 0.3) is 5.91 Å². The van der Waals surface area contributed by atoms with Crippen LogP contribution in [0, 0.1) is 17.2 Å². The Bertz CT molecular complexity index is 1560. The van der Waals surface area contributed by atoms with Gasteiger partial charge in [-0.2, -0.15) is 10.4 Å². The minimum atomic E-state index is -0.619. The number of methoxy groups -OCH3 is 1. The van der Waals surface area contributed by atoms with Crippen molar-refractivity contribution in [3.8, 4) is 17.5 Å². The summed E-state index contributed by atoms with van der Waals surface area (Å²) >= 11 is 0. The molecule has 4 rings (SSSR count). The van der Waals surface area contributed by atoms with Crippen molar-refractivity contribution in [3.05, 3.63) is 47.8 Å². The SMILES string of the molecule is COC(=O)NC[C@H]1C[C@H](Nc2cc(-c3ccc4cc(C#N)cnn34)ncc2C(=O)NCCC(C)(C)NC(=O)OC(C)(C)C)C1. The lowest BCUT2D eigenvalue weighted by molar-refractivity contribution is 0.0468. The van der Waals surface area contributed by atoms with Crippen molar-refractivity contribution in [2.75, 3.05) is 25.5 Å². The van der Waals surface area contributed by atoms with Crippen LogP contribution in [-0.2, 0) is 9.47 Å². The average molecular weight is 605 g/mol. The Morgan fingerprint density at radius 1 is 1.07 bits per heavy atom. The molecule has 0 radical (unpaired) electrons. The lowest BCUT2D eigenvalue weighted by atomic mass is 9.80. The van der Waals surface area contributed by atoms with E-state index in [4.69, 9.17) is 4.74 Å². The van der Waals surface area contributed by atoms with E-state index in [2.05, 4.69) is 42.2 Å². The van der Waals surface area contributed by atoms with E-state index in [0.29, 0.717) is 47.7 Å². The second-order valence-corrected chi connectivity index (χ2v) is 12.6. The normalized spacial score (nSPS) is 16.3. The predicted octanol–water partition coefficient (Wildman–Crippen LogP) is 4.24. The minimum Gasteiger partial charge on any atom is -0.453 e. The third-order valence-electron chi connectivity index (χ3n) is 7.23. The van der Waals surface area contributed by atoms with Crippen LogP contribution in [0.4, 0.5) is 15.3 Å². The smallest absolute Gasteiger partial charge is 0.408 e. The number of nitrogens with one attached hydrogen (secondary N) is 4. The fraction of sp³-hybridized carbons (Fsp3) is 0.484. The number of carbonyl (C=O) groups excluding carboxylic acids is 3. The van der Waals surface area contributed by atoms with Gasteiger partial charge in [-0.25, -0.2) is 14.1 Å². The molecule has 1 fully saturated rings. The molecule has 13 nitrogen and oxygen atoms in total. The van der Waals surface area contributed by atoms with Crippen LogP contribution in [0.25, 0.3) is 16.9 Å². The van der Waals surface area contributed by atoms with Crippen LogP contribution in [-0.4, -0.2) is 70.1 Å². The molecule has 1 aliphatic rings. The van der Waals surface area contributed by atoms with Crippen molar-refractivity contribution in [2.24, 2.45) is 5.92 Å². The topological polar surface area (TPSA) is 172 Å². The molecule has 0 atom stereocenters. The summed E-state index contributed by atoms with van der Waals surface area (Å²) in [6, 6.07) is 9.48. The van der Waals surface area contributed by atoms with Crippen molar-refractivity contribution < 1.29 is 23.9 Å². The van der Waals surface area contributed by atoms with Crippen LogP contribution < -0.4 is 21.3 Å². The molecular weight excluding hydrogens is 564 g/mol. The number of nitriles is 1. The van der Waals surface area contributed by atoms with E-state index in [1.807, 2.05) is 32.0 Å². The molecular formula is C31H40N8O5. The van der Waals surface area contributed by atoms with Crippen molar-refractivity contribution in [2.45, 2.75) is 71.1 Å². The number of pyridine rings is 1. The molecule has 0 aliphatic heterocycles. The first-order valence-electron chi connectivity index (χ1n) is 14.5. The molecule has 3 amide bonds. The molecule has 0 saturated heterocycles. The lowest BCUT2D eigenvalue weighted by Gasteiger charge is -2.37. The fourth-order valence-corrected chi connectivity index (χ4v) is 4.92. The van der Waals surface area contributed by atoms with E-state index in [1.165, 1.54) is 19.5 Å². The number of amides is 3. The maximum Gasteiger partial charge on any atom is 0.408 e. The number of anilines is 1. The van der Waals surface area contributed by atoms with E-state index < -0.39 is 23.3 Å². The van der Waals surface area contributed by atoms with E-state index >= 15 is 0 Å². The monoisotopic (exact) mass is 604 g/mol. The maximum atomic E-state index is 13.4. The quantitative estimate of drug-likeness (QED) is 0.264. The third-order valence-corrected chi connectivity index (χ3v) is 7.23. The number of fused-ring (bicyclic) bond motifs is 1. The fourth-order valence-electron chi connectivity index (χ4n) is 4.92. The van der Waals surface area contributed by atoms with Gasteiger partial charge in [0.1, 0.15) is 11.7 Å². The number of hydrogen-bond acceptors (Lipinski definition) is 9. The molecule has 3 heterocycles. The van der Waals surface area contributed by atoms with E-state index in [1.54, 1.807) is 31.4 Å².